The Hall–Kier alpha value is -3.51. The smallest absolute Gasteiger partial charge is 0.351 e. The van der Waals surface area contributed by atoms with Gasteiger partial charge in [0.25, 0.3) is 0 Å². The number of esters is 1. The van der Waals surface area contributed by atoms with Crippen molar-refractivity contribution in [2.45, 2.75) is 13.0 Å². The van der Waals surface area contributed by atoms with Crippen molar-refractivity contribution in [2.75, 3.05) is 0 Å². The molecule has 0 N–H and O–H groups in total. The summed E-state index contributed by atoms with van der Waals surface area (Å²) >= 11 is 1.46. The number of ether oxygens (including phenoxy) is 1. The molecule has 3 aromatic carbocycles. The maximum absolute atomic E-state index is 12.7. The highest BCUT2D eigenvalue weighted by Crippen LogP contribution is 2.29. The first kappa shape index (κ1) is 17.6. The monoisotopic (exact) mass is 401 g/mol. The molecule has 0 fully saturated rings. The van der Waals surface area contributed by atoms with E-state index in [1.165, 1.54) is 11.3 Å². The minimum atomic E-state index is -0.722. The standard InChI is InChI=1S/C23H15NO4S/c1-13(21-24-18-8-4-5-9-20(18)29-21)27-22(25)17-12-16-15-7-3-2-6-14(15)10-11-19(16)28-23(17)26/h2-13H,1H3/t13-/m0/s1. The Morgan fingerprint density at radius 3 is 2.69 bits per heavy atom. The van der Waals surface area contributed by atoms with Gasteiger partial charge in [0.1, 0.15) is 16.2 Å². The number of rotatable bonds is 3. The molecule has 0 saturated heterocycles. The van der Waals surface area contributed by atoms with Crippen LogP contribution in [0, 0.1) is 0 Å². The molecule has 6 heteroatoms. The third kappa shape index (κ3) is 3.07. The van der Waals surface area contributed by atoms with Gasteiger partial charge < -0.3 is 9.15 Å². The summed E-state index contributed by atoms with van der Waals surface area (Å²) < 4.78 is 11.9. The molecule has 0 aliphatic heterocycles. The molecule has 1 atom stereocenters. The second kappa shape index (κ2) is 6.83. The maximum atomic E-state index is 12.7. The van der Waals surface area contributed by atoms with Gasteiger partial charge in [-0.2, -0.15) is 0 Å². The van der Waals surface area contributed by atoms with Crippen LogP contribution in [-0.2, 0) is 4.74 Å². The van der Waals surface area contributed by atoms with Crippen LogP contribution in [0.2, 0.25) is 0 Å². The quantitative estimate of drug-likeness (QED) is 0.228. The van der Waals surface area contributed by atoms with Gasteiger partial charge in [0.2, 0.25) is 0 Å². The van der Waals surface area contributed by atoms with Crippen molar-refractivity contribution in [3.05, 3.63) is 87.7 Å². The summed E-state index contributed by atoms with van der Waals surface area (Å²) in [7, 11) is 0. The van der Waals surface area contributed by atoms with Gasteiger partial charge >= 0.3 is 11.6 Å². The van der Waals surface area contributed by atoms with Gasteiger partial charge in [0.15, 0.2) is 6.10 Å². The molecule has 0 aliphatic rings. The number of hydrogen-bond acceptors (Lipinski definition) is 6. The van der Waals surface area contributed by atoms with Crippen LogP contribution in [0.15, 0.2) is 75.9 Å². The Labute approximate surface area is 169 Å². The topological polar surface area (TPSA) is 69.4 Å². The van der Waals surface area contributed by atoms with Crippen LogP contribution >= 0.6 is 11.3 Å². The summed E-state index contributed by atoms with van der Waals surface area (Å²) in [6.45, 7) is 1.74. The van der Waals surface area contributed by atoms with E-state index in [-0.39, 0.29) is 5.56 Å². The second-order valence-electron chi connectivity index (χ2n) is 6.71. The second-order valence-corrected chi connectivity index (χ2v) is 7.78. The van der Waals surface area contributed by atoms with E-state index in [2.05, 4.69) is 4.98 Å². The molecule has 2 aromatic heterocycles. The lowest BCUT2D eigenvalue weighted by molar-refractivity contribution is 0.0333. The first-order valence-electron chi connectivity index (χ1n) is 9.12. The minimum absolute atomic E-state index is 0.123. The first-order valence-corrected chi connectivity index (χ1v) is 9.94. The summed E-state index contributed by atoms with van der Waals surface area (Å²) in [6, 6.07) is 20.6. The fourth-order valence-corrected chi connectivity index (χ4v) is 4.30. The summed E-state index contributed by atoms with van der Waals surface area (Å²) in [6.07, 6.45) is -0.581. The molecule has 0 unspecified atom stereocenters. The zero-order chi connectivity index (χ0) is 20.0. The van der Waals surface area contributed by atoms with Crippen molar-refractivity contribution >= 4 is 49.3 Å². The van der Waals surface area contributed by atoms with Gasteiger partial charge in [-0.1, -0.05) is 42.5 Å². The van der Waals surface area contributed by atoms with Gasteiger partial charge in [-0.05, 0) is 42.0 Å². The van der Waals surface area contributed by atoms with E-state index in [0.29, 0.717) is 16.0 Å². The van der Waals surface area contributed by atoms with Crippen molar-refractivity contribution in [1.29, 1.82) is 0 Å². The molecule has 0 radical (unpaired) electrons. The number of aromatic nitrogens is 1. The third-order valence-corrected chi connectivity index (χ3v) is 6.00. The zero-order valence-corrected chi connectivity index (χ0v) is 16.2. The molecule has 5 rings (SSSR count). The van der Waals surface area contributed by atoms with E-state index in [4.69, 9.17) is 9.15 Å². The van der Waals surface area contributed by atoms with E-state index in [9.17, 15) is 9.59 Å². The highest BCUT2D eigenvalue weighted by Gasteiger charge is 2.21. The van der Waals surface area contributed by atoms with Gasteiger partial charge in [-0.15, -0.1) is 11.3 Å². The van der Waals surface area contributed by atoms with E-state index in [1.807, 2.05) is 54.6 Å². The number of nitrogens with zero attached hydrogens (tertiary/aromatic N) is 1. The lowest BCUT2D eigenvalue weighted by atomic mass is 10.0. The Kier molecular flexibility index (Phi) is 4.14. The van der Waals surface area contributed by atoms with Crippen molar-refractivity contribution in [3.63, 3.8) is 0 Å². The molecule has 0 spiro atoms. The molecule has 5 nitrogen and oxygen atoms in total. The van der Waals surface area contributed by atoms with Crippen LogP contribution in [0.5, 0.6) is 0 Å². The lowest BCUT2D eigenvalue weighted by Crippen LogP contribution is -2.18. The van der Waals surface area contributed by atoms with Gasteiger partial charge in [-0.25, -0.2) is 14.6 Å². The molecule has 5 aromatic rings. The summed E-state index contributed by atoms with van der Waals surface area (Å²) in [5.41, 5.74) is 0.452. The predicted octanol–water partition coefficient (Wildman–Crippen LogP) is 5.47. The van der Waals surface area contributed by atoms with Crippen LogP contribution in [0.25, 0.3) is 32.0 Å². The fourth-order valence-electron chi connectivity index (χ4n) is 3.35. The van der Waals surface area contributed by atoms with Crippen molar-refractivity contribution in [1.82, 2.24) is 4.98 Å². The van der Waals surface area contributed by atoms with Crippen molar-refractivity contribution < 1.29 is 13.9 Å². The number of para-hydroxylation sites is 1. The van der Waals surface area contributed by atoms with E-state index < -0.39 is 17.7 Å². The van der Waals surface area contributed by atoms with Crippen LogP contribution < -0.4 is 5.63 Å². The van der Waals surface area contributed by atoms with Crippen LogP contribution in [0.3, 0.4) is 0 Å². The molecule has 2 heterocycles. The number of hydrogen-bond donors (Lipinski definition) is 0. The largest absolute Gasteiger partial charge is 0.451 e. The van der Waals surface area contributed by atoms with E-state index in [0.717, 1.165) is 21.0 Å². The summed E-state index contributed by atoms with van der Waals surface area (Å²) in [5.74, 6) is -0.722. The number of benzene rings is 3. The van der Waals surface area contributed by atoms with Crippen molar-refractivity contribution in [3.8, 4) is 0 Å². The lowest BCUT2D eigenvalue weighted by Gasteiger charge is -2.10. The fraction of sp³-hybridized carbons (Fsp3) is 0.0870. The molecule has 0 amide bonds. The average molecular weight is 401 g/mol. The third-order valence-electron chi connectivity index (χ3n) is 4.80. The normalized spacial score (nSPS) is 12.4. The Morgan fingerprint density at radius 1 is 1.03 bits per heavy atom. The first-order chi connectivity index (χ1) is 14.1. The Balaban J connectivity index is 1.52. The van der Waals surface area contributed by atoms with Crippen molar-refractivity contribution in [2.24, 2.45) is 0 Å². The summed E-state index contributed by atoms with van der Waals surface area (Å²) in [4.78, 5) is 29.6. The average Bonchev–Trinajstić information content (AvgIpc) is 3.17. The number of carbonyl (C=O) groups is 1. The molecule has 0 saturated carbocycles. The molecule has 142 valence electrons. The number of thiazole rings is 1. The van der Waals surface area contributed by atoms with Crippen LogP contribution in [-0.4, -0.2) is 11.0 Å². The Morgan fingerprint density at radius 2 is 1.83 bits per heavy atom. The molecule has 0 bridgehead atoms. The molecular formula is C23H15NO4S. The summed E-state index contributed by atoms with van der Waals surface area (Å²) in [5, 5.41) is 3.27. The van der Waals surface area contributed by atoms with Crippen LogP contribution in [0.1, 0.15) is 28.4 Å². The molecular weight excluding hydrogens is 386 g/mol. The highest BCUT2D eigenvalue weighted by molar-refractivity contribution is 7.18. The number of fused-ring (bicyclic) bond motifs is 4. The van der Waals surface area contributed by atoms with E-state index in [1.54, 1.807) is 19.1 Å². The highest BCUT2D eigenvalue weighted by atomic mass is 32.1. The Bertz CT molecular complexity index is 1420. The van der Waals surface area contributed by atoms with Gasteiger partial charge in [0, 0.05) is 5.39 Å². The maximum Gasteiger partial charge on any atom is 0.351 e. The zero-order valence-electron chi connectivity index (χ0n) is 15.4. The van der Waals surface area contributed by atoms with Gasteiger partial charge in [-0.3, -0.25) is 0 Å². The molecule has 0 aliphatic carbocycles. The number of carbonyl (C=O) groups excluding carboxylic acids is 1. The van der Waals surface area contributed by atoms with Crippen LogP contribution in [0.4, 0.5) is 0 Å². The van der Waals surface area contributed by atoms with Gasteiger partial charge in [0.05, 0.1) is 10.2 Å². The van der Waals surface area contributed by atoms with E-state index >= 15 is 0 Å². The molecule has 29 heavy (non-hydrogen) atoms. The minimum Gasteiger partial charge on any atom is -0.451 e. The SMILES string of the molecule is C[C@H](OC(=O)c1cc2c(ccc3ccccc32)oc1=O)c1nc2ccccc2s1. The predicted molar refractivity (Wildman–Crippen MR) is 113 cm³/mol.